The second kappa shape index (κ2) is 9.47. The molecule has 8 heteroatoms. The summed E-state index contributed by atoms with van der Waals surface area (Å²) in [5.74, 6) is -0.893. The zero-order chi connectivity index (χ0) is 25.4. The standard InChI is InChI=1S/C28H29N5O3/c1-18-14-20(4-5-23(18)28(35)36)19-7-11-32(12-8-19)17-22-16-24-25(6-10-30-27(24)31(22)3)33-13-9-21(29-2)15-26(33)34/h4-7,9-10,13-16,29H,8,11-12,17H2,1-3H3,(H,35,36). The second-order valence-electron chi connectivity index (χ2n) is 9.19. The van der Waals surface area contributed by atoms with Crippen LogP contribution in [0.4, 0.5) is 5.69 Å². The van der Waals surface area contributed by atoms with Crippen LogP contribution in [-0.2, 0) is 13.6 Å². The van der Waals surface area contributed by atoms with Gasteiger partial charge in [0.2, 0.25) is 0 Å². The fraction of sp³-hybridized carbons (Fsp3) is 0.250. The number of carboxylic acids is 1. The second-order valence-corrected chi connectivity index (χ2v) is 9.19. The highest BCUT2D eigenvalue weighted by Crippen LogP contribution is 2.27. The summed E-state index contributed by atoms with van der Waals surface area (Å²) in [7, 11) is 3.81. The summed E-state index contributed by atoms with van der Waals surface area (Å²) in [6.45, 7) is 4.31. The predicted octanol–water partition coefficient (Wildman–Crippen LogP) is 4.06. The Kier molecular flexibility index (Phi) is 6.20. The van der Waals surface area contributed by atoms with Gasteiger partial charge in [0, 0.05) is 69.0 Å². The lowest BCUT2D eigenvalue weighted by molar-refractivity contribution is 0.0696. The van der Waals surface area contributed by atoms with Gasteiger partial charge in [0.15, 0.2) is 0 Å². The number of aromatic carboxylic acids is 1. The minimum Gasteiger partial charge on any atom is -0.478 e. The number of carboxylic acid groups (broad SMARTS) is 1. The summed E-state index contributed by atoms with van der Waals surface area (Å²) in [5, 5.41) is 13.2. The Morgan fingerprint density at radius 1 is 1.17 bits per heavy atom. The number of nitrogens with zero attached hydrogens (tertiary/aromatic N) is 4. The number of hydrogen-bond acceptors (Lipinski definition) is 5. The van der Waals surface area contributed by atoms with E-state index < -0.39 is 5.97 Å². The van der Waals surface area contributed by atoms with Crippen molar-refractivity contribution in [1.29, 1.82) is 0 Å². The van der Waals surface area contributed by atoms with Crippen LogP contribution in [0, 0.1) is 6.92 Å². The maximum absolute atomic E-state index is 12.7. The van der Waals surface area contributed by atoms with Gasteiger partial charge in [0.25, 0.3) is 5.56 Å². The highest BCUT2D eigenvalue weighted by Gasteiger charge is 2.18. The molecule has 8 nitrogen and oxygen atoms in total. The molecule has 4 heterocycles. The minimum atomic E-state index is -0.893. The smallest absolute Gasteiger partial charge is 0.335 e. The Morgan fingerprint density at radius 3 is 2.67 bits per heavy atom. The predicted molar refractivity (Wildman–Crippen MR) is 142 cm³/mol. The number of carbonyl (C=O) groups is 1. The minimum absolute atomic E-state index is 0.0972. The molecule has 0 fully saturated rings. The van der Waals surface area contributed by atoms with Crippen molar-refractivity contribution in [2.24, 2.45) is 7.05 Å². The number of nitrogens with one attached hydrogen (secondary N) is 1. The first-order valence-electron chi connectivity index (χ1n) is 12.0. The van der Waals surface area contributed by atoms with Crippen LogP contribution < -0.4 is 10.9 Å². The van der Waals surface area contributed by atoms with E-state index in [1.165, 1.54) is 5.57 Å². The largest absolute Gasteiger partial charge is 0.478 e. The molecule has 0 spiro atoms. The Bertz CT molecular complexity index is 1560. The van der Waals surface area contributed by atoms with Gasteiger partial charge in [-0.05, 0) is 54.3 Å². The van der Waals surface area contributed by atoms with E-state index in [0.29, 0.717) is 5.56 Å². The zero-order valence-electron chi connectivity index (χ0n) is 20.7. The van der Waals surface area contributed by atoms with Gasteiger partial charge in [-0.25, -0.2) is 9.78 Å². The summed E-state index contributed by atoms with van der Waals surface area (Å²) in [6.07, 6.45) is 6.66. The third-order valence-corrected chi connectivity index (χ3v) is 6.98. The van der Waals surface area contributed by atoms with E-state index in [4.69, 9.17) is 0 Å². The summed E-state index contributed by atoms with van der Waals surface area (Å²) in [6, 6.07) is 13.0. The number of benzene rings is 1. The van der Waals surface area contributed by atoms with Crippen LogP contribution in [0.3, 0.4) is 0 Å². The Labute approximate surface area is 209 Å². The molecule has 0 saturated carbocycles. The molecule has 0 unspecified atom stereocenters. The molecule has 184 valence electrons. The highest BCUT2D eigenvalue weighted by atomic mass is 16.4. The topological polar surface area (TPSA) is 92.4 Å². The molecule has 0 bridgehead atoms. The number of aryl methyl sites for hydroxylation is 2. The van der Waals surface area contributed by atoms with Crippen molar-refractivity contribution in [2.45, 2.75) is 19.9 Å². The first-order valence-corrected chi connectivity index (χ1v) is 12.0. The van der Waals surface area contributed by atoms with Gasteiger partial charge in [-0.15, -0.1) is 0 Å². The maximum Gasteiger partial charge on any atom is 0.335 e. The average molecular weight is 484 g/mol. The average Bonchev–Trinajstić information content (AvgIpc) is 3.19. The van der Waals surface area contributed by atoms with Crippen molar-refractivity contribution in [3.63, 3.8) is 0 Å². The molecule has 36 heavy (non-hydrogen) atoms. The van der Waals surface area contributed by atoms with E-state index in [9.17, 15) is 14.7 Å². The van der Waals surface area contributed by atoms with Crippen LogP contribution in [0.1, 0.15) is 33.6 Å². The number of aromatic nitrogens is 3. The first kappa shape index (κ1) is 23.6. The third kappa shape index (κ3) is 4.31. The van der Waals surface area contributed by atoms with Crippen molar-refractivity contribution < 1.29 is 9.90 Å². The molecule has 0 atom stereocenters. The van der Waals surface area contributed by atoms with Crippen molar-refractivity contribution in [2.75, 3.05) is 25.5 Å². The van der Waals surface area contributed by atoms with Gasteiger partial charge in [-0.1, -0.05) is 18.2 Å². The van der Waals surface area contributed by atoms with E-state index in [-0.39, 0.29) is 5.56 Å². The van der Waals surface area contributed by atoms with Crippen LogP contribution in [0.2, 0.25) is 0 Å². The molecule has 5 rings (SSSR count). The van der Waals surface area contributed by atoms with E-state index in [1.54, 1.807) is 36.1 Å². The molecule has 1 aromatic carbocycles. The number of fused-ring (bicyclic) bond motifs is 1. The molecular formula is C28H29N5O3. The normalized spacial score (nSPS) is 14.1. The number of pyridine rings is 2. The molecule has 0 saturated heterocycles. The molecule has 1 aliphatic rings. The lowest BCUT2D eigenvalue weighted by Gasteiger charge is -2.26. The van der Waals surface area contributed by atoms with E-state index in [2.05, 4.69) is 31.9 Å². The zero-order valence-corrected chi connectivity index (χ0v) is 20.7. The van der Waals surface area contributed by atoms with Crippen LogP contribution in [0.25, 0.3) is 22.3 Å². The molecule has 4 aromatic rings. The first-order chi connectivity index (χ1) is 17.4. The Morgan fingerprint density at radius 2 is 2.00 bits per heavy atom. The lowest BCUT2D eigenvalue weighted by Crippen LogP contribution is -2.28. The van der Waals surface area contributed by atoms with Crippen LogP contribution in [0.15, 0.2) is 65.7 Å². The van der Waals surface area contributed by atoms with Gasteiger partial charge >= 0.3 is 5.97 Å². The molecule has 2 N–H and O–H groups in total. The van der Waals surface area contributed by atoms with Crippen molar-refractivity contribution in [3.05, 3.63) is 93.7 Å². The number of hydrogen-bond donors (Lipinski definition) is 2. The molecule has 1 aliphatic heterocycles. The third-order valence-electron chi connectivity index (χ3n) is 6.98. The number of rotatable bonds is 6. The summed E-state index contributed by atoms with van der Waals surface area (Å²) in [4.78, 5) is 31.0. The fourth-order valence-electron chi connectivity index (χ4n) is 4.90. The molecule has 3 aromatic heterocycles. The summed E-state index contributed by atoms with van der Waals surface area (Å²) >= 11 is 0. The molecule has 0 amide bonds. The van der Waals surface area contributed by atoms with E-state index in [1.807, 2.05) is 38.2 Å². The van der Waals surface area contributed by atoms with Crippen LogP contribution in [-0.4, -0.2) is 50.2 Å². The summed E-state index contributed by atoms with van der Waals surface area (Å²) in [5.41, 5.74) is 6.93. The lowest BCUT2D eigenvalue weighted by atomic mass is 9.96. The van der Waals surface area contributed by atoms with E-state index >= 15 is 0 Å². The van der Waals surface area contributed by atoms with Crippen LogP contribution >= 0.6 is 0 Å². The SMILES string of the molecule is CNc1ccn(-c2ccnc3c2cc(CN2CC=C(c4ccc(C(=O)O)c(C)c4)CC2)n3C)c(=O)c1. The fourth-order valence-corrected chi connectivity index (χ4v) is 4.90. The molecular weight excluding hydrogens is 454 g/mol. The quantitative estimate of drug-likeness (QED) is 0.430. The van der Waals surface area contributed by atoms with Crippen LogP contribution in [0.5, 0.6) is 0 Å². The van der Waals surface area contributed by atoms with Gasteiger partial charge in [0.1, 0.15) is 5.65 Å². The monoisotopic (exact) mass is 483 g/mol. The van der Waals surface area contributed by atoms with Gasteiger partial charge in [0.05, 0.1) is 11.3 Å². The Balaban J connectivity index is 1.38. The highest BCUT2D eigenvalue weighted by molar-refractivity contribution is 5.90. The maximum atomic E-state index is 12.7. The van der Waals surface area contributed by atoms with Gasteiger partial charge < -0.3 is 15.0 Å². The summed E-state index contributed by atoms with van der Waals surface area (Å²) < 4.78 is 3.75. The molecule has 0 aliphatic carbocycles. The van der Waals surface area contributed by atoms with Gasteiger partial charge in [-0.3, -0.25) is 14.3 Å². The Hall–Kier alpha value is -4.17. The van der Waals surface area contributed by atoms with Gasteiger partial charge in [-0.2, -0.15) is 0 Å². The van der Waals surface area contributed by atoms with Crippen molar-refractivity contribution in [1.82, 2.24) is 19.0 Å². The van der Waals surface area contributed by atoms with Crippen molar-refractivity contribution in [3.8, 4) is 5.69 Å². The number of anilines is 1. The molecule has 0 radical (unpaired) electrons. The van der Waals surface area contributed by atoms with E-state index in [0.717, 1.165) is 65.3 Å². The van der Waals surface area contributed by atoms with Crippen molar-refractivity contribution >= 4 is 28.3 Å².